The van der Waals surface area contributed by atoms with Gasteiger partial charge in [-0.25, -0.2) is 0 Å². The van der Waals surface area contributed by atoms with Crippen molar-refractivity contribution in [1.29, 1.82) is 0 Å². The predicted octanol–water partition coefficient (Wildman–Crippen LogP) is 4.52. The third-order valence-electron chi connectivity index (χ3n) is 5.46. The first-order chi connectivity index (χ1) is 15.0. The van der Waals surface area contributed by atoms with Crippen LogP contribution in [-0.4, -0.2) is 43.2 Å². The summed E-state index contributed by atoms with van der Waals surface area (Å²) in [5.41, 5.74) is 3.64. The first-order valence-corrected chi connectivity index (χ1v) is 10.8. The Morgan fingerprint density at radius 1 is 1.10 bits per heavy atom. The minimum atomic E-state index is -0.164. The van der Waals surface area contributed by atoms with Crippen LogP contribution >= 0.6 is 11.6 Å². The molecule has 3 aromatic rings. The summed E-state index contributed by atoms with van der Waals surface area (Å²) in [6.45, 7) is 6.96. The molecule has 0 N–H and O–H groups in total. The molecule has 0 aliphatic carbocycles. The molecule has 1 saturated heterocycles. The summed E-state index contributed by atoms with van der Waals surface area (Å²) >= 11 is 6.56. The van der Waals surface area contributed by atoms with Crippen LogP contribution in [0.2, 0.25) is 5.02 Å². The topological polar surface area (TPSA) is 56.6 Å². The van der Waals surface area contributed by atoms with Crippen molar-refractivity contribution < 1.29 is 9.47 Å². The molecule has 4 rings (SSSR count). The van der Waals surface area contributed by atoms with Crippen LogP contribution in [0.3, 0.4) is 0 Å². The number of methoxy groups -OCH3 is 1. The van der Waals surface area contributed by atoms with Crippen LogP contribution in [0.25, 0.3) is 16.9 Å². The Bertz CT molecular complexity index is 1140. The molecular formula is C24H26ClN3O3. The minimum absolute atomic E-state index is 0.0345. The Hall–Kier alpha value is -2.83. The largest absolute Gasteiger partial charge is 0.497 e. The molecule has 2 aromatic carbocycles. The summed E-state index contributed by atoms with van der Waals surface area (Å²) in [5, 5.41) is 5.18. The van der Waals surface area contributed by atoms with Crippen molar-refractivity contribution in [3.63, 3.8) is 0 Å². The number of ether oxygens (including phenoxy) is 2. The summed E-state index contributed by atoms with van der Waals surface area (Å²) < 4.78 is 12.2. The zero-order valence-electron chi connectivity index (χ0n) is 18.0. The number of aromatic nitrogens is 2. The molecule has 1 aromatic heterocycles. The average molecular weight is 440 g/mol. The van der Waals surface area contributed by atoms with E-state index in [1.807, 2.05) is 62.4 Å². The highest BCUT2D eigenvalue weighted by Crippen LogP contribution is 2.28. The van der Waals surface area contributed by atoms with E-state index in [9.17, 15) is 4.79 Å². The maximum absolute atomic E-state index is 13.3. The fourth-order valence-electron chi connectivity index (χ4n) is 3.70. The van der Waals surface area contributed by atoms with Crippen molar-refractivity contribution in [3.05, 3.63) is 69.5 Å². The van der Waals surface area contributed by atoms with E-state index in [1.54, 1.807) is 7.11 Å². The molecule has 0 saturated carbocycles. The molecule has 31 heavy (non-hydrogen) atoms. The van der Waals surface area contributed by atoms with Gasteiger partial charge >= 0.3 is 0 Å². The number of hydrogen-bond acceptors (Lipinski definition) is 5. The van der Waals surface area contributed by atoms with Gasteiger partial charge in [0, 0.05) is 29.9 Å². The van der Waals surface area contributed by atoms with Crippen molar-refractivity contribution in [1.82, 2.24) is 9.78 Å². The molecule has 0 spiro atoms. The molecule has 2 heterocycles. The van der Waals surface area contributed by atoms with E-state index < -0.39 is 0 Å². The van der Waals surface area contributed by atoms with Gasteiger partial charge in [0.25, 0.3) is 5.56 Å². The van der Waals surface area contributed by atoms with E-state index in [2.05, 4.69) is 4.90 Å². The highest BCUT2D eigenvalue weighted by atomic mass is 35.5. The SMILES string of the molecule is COc1cccc(-c2cc(C(C)C)c(=O)n(-c3cc(N4CCOCC4)ccc3Cl)n2)c1. The summed E-state index contributed by atoms with van der Waals surface area (Å²) in [6, 6.07) is 15.2. The van der Waals surface area contributed by atoms with Gasteiger partial charge in [-0.05, 0) is 42.3 Å². The standard InChI is InChI=1S/C24H26ClN3O3/c1-16(2)20-15-22(17-5-4-6-19(13-17)30-3)26-28(24(20)29)23-14-18(7-8-21(23)25)27-9-11-31-12-10-27/h4-8,13-16H,9-12H2,1-3H3. The molecular weight excluding hydrogens is 414 g/mol. The van der Waals surface area contributed by atoms with Crippen LogP contribution in [-0.2, 0) is 4.74 Å². The molecule has 162 valence electrons. The lowest BCUT2D eigenvalue weighted by Crippen LogP contribution is -2.36. The van der Waals surface area contributed by atoms with Crippen molar-refractivity contribution in [2.24, 2.45) is 0 Å². The zero-order chi connectivity index (χ0) is 22.0. The van der Waals surface area contributed by atoms with Crippen LogP contribution in [0.1, 0.15) is 25.3 Å². The van der Waals surface area contributed by atoms with Crippen molar-refractivity contribution >= 4 is 17.3 Å². The maximum Gasteiger partial charge on any atom is 0.275 e. The number of morpholine rings is 1. The van der Waals surface area contributed by atoms with Crippen LogP contribution in [0, 0.1) is 0 Å². The molecule has 1 fully saturated rings. The van der Waals surface area contributed by atoms with Gasteiger partial charge in [-0.2, -0.15) is 9.78 Å². The summed E-state index contributed by atoms with van der Waals surface area (Å²) in [4.78, 5) is 15.6. The van der Waals surface area contributed by atoms with Crippen LogP contribution in [0.15, 0.2) is 53.3 Å². The van der Waals surface area contributed by atoms with Gasteiger partial charge in [0.2, 0.25) is 0 Å². The number of anilines is 1. The van der Waals surface area contributed by atoms with Gasteiger partial charge in [-0.1, -0.05) is 37.6 Å². The molecule has 1 aliphatic rings. The molecule has 0 bridgehead atoms. The second-order valence-electron chi connectivity index (χ2n) is 7.82. The fraction of sp³-hybridized carbons (Fsp3) is 0.333. The maximum atomic E-state index is 13.3. The van der Waals surface area contributed by atoms with Gasteiger partial charge in [0.1, 0.15) is 5.75 Å². The van der Waals surface area contributed by atoms with E-state index in [4.69, 9.17) is 26.2 Å². The van der Waals surface area contributed by atoms with Crippen molar-refractivity contribution in [3.8, 4) is 22.7 Å². The molecule has 0 radical (unpaired) electrons. The van der Waals surface area contributed by atoms with E-state index in [0.717, 1.165) is 30.1 Å². The molecule has 7 heteroatoms. The molecule has 0 amide bonds. The van der Waals surface area contributed by atoms with Gasteiger partial charge in [0.15, 0.2) is 0 Å². The van der Waals surface area contributed by atoms with E-state index in [-0.39, 0.29) is 11.5 Å². The first-order valence-electron chi connectivity index (χ1n) is 10.4. The first kappa shape index (κ1) is 21.4. The molecule has 6 nitrogen and oxygen atoms in total. The summed E-state index contributed by atoms with van der Waals surface area (Å²) in [7, 11) is 1.63. The van der Waals surface area contributed by atoms with E-state index in [0.29, 0.717) is 35.2 Å². The molecule has 0 atom stereocenters. The van der Waals surface area contributed by atoms with Gasteiger partial charge in [0.05, 0.1) is 36.7 Å². The number of halogens is 1. The third-order valence-corrected chi connectivity index (χ3v) is 5.78. The Balaban J connectivity index is 1.88. The Morgan fingerprint density at radius 2 is 1.87 bits per heavy atom. The number of benzene rings is 2. The second kappa shape index (κ2) is 9.12. The monoisotopic (exact) mass is 439 g/mol. The van der Waals surface area contributed by atoms with Crippen molar-refractivity contribution in [2.75, 3.05) is 38.3 Å². The Kier molecular flexibility index (Phi) is 6.30. The highest BCUT2D eigenvalue weighted by Gasteiger charge is 2.18. The average Bonchev–Trinajstić information content (AvgIpc) is 2.80. The van der Waals surface area contributed by atoms with Crippen molar-refractivity contribution in [2.45, 2.75) is 19.8 Å². The van der Waals surface area contributed by atoms with Gasteiger partial charge in [-0.15, -0.1) is 0 Å². The second-order valence-corrected chi connectivity index (χ2v) is 8.23. The summed E-state index contributed by atoms with van der Waals surface area (Å²) in [6.07, 6.45) is 0. The fourth-order valence-corrected chi connectivity index (χ4v) is 3.89. The molecule has 0 unspecified atom stereocenters. The number of nitrogens with zero attached hydrogens (tertiary/aromatic N) is 3. The highest BCUT2D eigenvalue weighted by molar-refractivity contribution is 6.32. The van der Waals surface area contributed by atoms with Gasteiger partial charge in [-0.3, -0.25) is 4.79 Å². The number of hydrogen-bond donors (Lipinski definition) is 0. The van der Waals surface area contributed by atoms with Crippen LogP contribution < -0.4 is 15.2 Å². The van der Waals surface area contributed by atoms with E-state index >= 15 is 0 Å². The quantitative estimate of drug-likeness (QED) is 0.585. The molecule has 1 aliphatic heterocycles. The van der Waals surface area contributed by atoms with Crippen LogP contribution in [0.4, 0.5) is 5.69 Å². The van der Waals surface area contributed by atoms with Gasteiger partial charge < -0.3 is 14.4 Å². The lowest BCUT2D eigenvalue weighted by Gasteiger charge is -2.29. The lowest BCUT2D eigenvalue weighted by molar-refractivity contribution is 0.122. The minimum Gasteiger partial charge on any atom is -0.497 e. The normalized spacial score (nSPS) is 14.2. The summed E-state index contributed by atoms with van der Waals surface area (Å²) in [5.74, 6) is 0.766. The van der Waals surface area contributed by atoms with E-state index in [1.165, 1.54) is 4.68 Å². The third kappa shape index (κ3) is 4.45. The zero-order valence-corrected chi connectivity index (χ0v) is 18.7. The smallest absolute Gasteiger partial charge is 0.275 e. The Labute approximate surface area is 187 Å². The lowest BCUT2D eigenvalue weighted by atomic mass is 10.0. The predicted molar refractivity (Wildman–Crippen MR) is 124 cm³/mol. The Morgan fingerprint density at radius 3 is 2.58 bits per heavy atom. The number of rotatable bonds is 5. The van der Waals surface area contributed by atoms with Crippen LogP contribution in [0.5, 0.6) is 5.75 Å².